The third-order valence-corrected chi connectivity index (χ3v) is 5.04. The van der Waals surface area contributed by atoms with Gasteiger partial charge in [-0.1, -0.05) is 6.92 Å². The average Bonchev–Trinajstić information content (AvgIpc) is 2.32. The van der Waals surface area contributed by atoms with Crippen molar-refractivity contribution in [1.82, 2.24) is 0 Å². The van der Waals surface area contributed by atoms with Crippen molar-refractivity contribution in [2.24, 2.45) is 5.92 Å². The molecule has 0 heterocycles. The number of carboxylic acids is 2. The molecular weight excluding hydrogens is 303 g/mol. The Morgan fingerprint density at radius 3 is 2.14 bits per heavy atom. The van der Waals surface area contributed by atoms with Crippen molar-refractivity contribution in [3.8, 4) is 0 Å². The minimum absolute atomic E-state index is 0.0396. The van der Waals surface area contributed by atoms with Gasteiger partial charge in [0.05, 0.1) is 6.16 Å². The fraction of sp³-hybridized carbons (Fsp3) is 0.750. The van der Waals surface area contributed by atoms with Gasteiger partial charge >= 0.3 is 11.9 Å². The molecule has 0 saturated heterocycles. The van der Waals surface area contributed by atoms with Crippen LogP contribution in [0.4, 0.5) is 0 Å². The van der Waals surface area contributed by atoms with E-state index >= 15 is 0 Å². The van der Waals surface area contributed by atoms with Gasteiger partial charge < -0.3 is 19.8 Å². The van der Waals surface area contributed by atoms with Crippen LogP contribution in [-0.4, -0.2) is 51.9 Å². The summed E-state index contributed by atoms with van der Waals surface area (Å²) in [4.78, 5) is 41.1. The standard InChI is InChI=1S/C12H21O8P/c1-9(2-4-11(14)15)6-21(18,19)7-10(20-8-13)3-5-12(16)17/h8-10H,2-7H2,1H3,(H,14,15)(H,16,17)(H,18,19). The van der Waals surface area contributed by atoms with Crippen molar-refractivity contribution >= 4 is 25.8 Å². The summed E-state index contributed by atoms with van der Waals surface area (Å²) in [5.74, 6) is -2.33. The van der Waals surface area contributed by atoms with E-state index in [0.717, 1.165) is 0 Å². The highest BCUT2D eigenvalue weighted by molar-refractivity contribution is 7.58. The quantitative estimate of drug-likeness (QED) is 0.359. The molecule has 0 radical (unpaired) electrons. The smallest absolute Gasteiger partial charge is 0.303 e. The summed E-state index contributed by atoms with van der Waals surface area (Å²) >= 11 is 0. The van der Waals surface area contributed by atoms with Gasteiger partial charge in [0, 0.05) is 19.0 Å². The minimum atomic E-state index is -3.62. The number of carboxylic acid groups (broad SMARTS) is 2. The summed E-state index contributed by atoms with van der Waals surface area (Å²) in [6.45, 7) is 1.79. The maximum Gasteiger partial charge on any atom is 0.303 e. The van der Waals surface area contributed by atoms with Gasteiger partial charge in [0.25, 0.3) is 6.47 Å². The van der Waals surface area contributed by atoms with Crippen LogP contribution in [0, 0.1) is 5.92 Å². The molecule has 8 nitrogen and oxygen atoms in total. The lowest BCUT2D eigenvalue weighted by Gasteiger charge is -2.21. The van der Waals surface area contributed by atoms with E-state index < -0.39 is 25.4 Å². The zero-order valence-electron chi connectivity index (χ0n) is 11.8. The first kappa shape index (κ1) is 19.6. The molecule has 0 aromatic heterocycles. The molecule has 0 spiro atoms. The van der Waals surface area contributed by atoms with Gasteiger partial charge in [0.1, 0.15) is 6.10 Å². The van der Waals surface area contributed by atoms with Gasteiger partial charge in [0.2, 0.25) is 7.37 Å². The molecule has 0 aliphatic carbocycles. The lowest BCUT2D eigenvalue weighted by atomic mass is 10.1. The second kappa shape index (κ2) is 9.52. The molecule has 0 amide bonds. The molecule has 0 bridgehead atoms. The van der Waals surface area contributed by atoms with E-state index in [0.29, 0.717) is 0 Å². The molecule has 0 aliphatic heterocycles. The first-order valence-electron chi connectivity index (χ1n) is 6.50. The van der Waals surface area contributed by atoms with Gasteiger partial charge in [-0.15, -0.1) is 0 Å². The monoisotopic (exact) mass is 324 g/mol. The zero-order valence-corrected chi connectivity index (χ0v) is 12.7. The Balaban J connectivity index is 4.43. The summed E-state index contributed by atoms with van der Waals surface area (Å²) in [5, 5.41) is 17.1. The van der Waals surface area contributed by atoms with E-state index in [4.69, 9.17) is 10.2 Å². The van der Waals surface area contributed by atoms with Crippen LogP contribution in [0.15, 0.2) is 0 Å². The van der Waals surface area contributed by atoms with Crippen molar-refractivity contribution < 1.29 is 38.8 Å². The predicted octanol–water partition coefficient (Wildman–Crippen LogP) is 1.16. The van der Waals surface area contributed by atoms with Crippen LogP contribution < -0.4 is 0 Å². The number of carbonyl (C=O) groups is 3. The third kappa shape index (κ3) is 11.0. The molecule has 122 valence electrons. The van der Waals surface area contributed by atoms with E-state index in [9.17, 15) is 23.8 Å². The van der Waals surface area contributed by atoms with Gasteiger partial charge in [-0.25, -0.2) is 0 Å². The fourth-order valence-corrected chi connectivity index (χ4v) is 4.12. The van der Waals surface area contributed by atoms with Crippen molar-refractivity contribution in [3.63, 3.8) is 0 Å². The van der Waals surface area contributed by atoms with Gasteiger partial charge in [-0.3, -0.25) is 18.9 Å². The van der Waals surface area contributed by atoms with Crippen molar-refractivity contribution in [1.29, 1.82) is 0 Å². The summed E-state index contributed by atoms with van der Waals surface area (Å²) in [6.07, 6.45) is -1.47. The van der Waals surface area contributed by atoms with Gasteiger partial charge in [-0.05, 0) is 18.8 Å². The lowest BCUT2D eigenvalue weighted by molar-refractivity contribution is -0.140. The topological polar surface area (TPSA) is 138 Å². The Kier molecular flexibility index (Phi) is 8.89. The normalized spacial score (nSPS) is 16.5. The molecule has 0 aromatic rings. The number of aliphatic carboxylic acids is 2. The first-order valence-corrected chi connectivity index (χ1v) is 8.53. The molecule has 0 rings (SSSR count). The Hall–Kier alpha value is -1.40. The molecule has 0 saturated carbocycles. The first-order chi connectivity index (χ1) is 9.66. The highest BCUT2D eigenvalue weighted by Gasteiger charge is 2.27. The summed E-state index contributed by atoms with van der Waals surface area (Å²) in [6, 6.07) is 0. The maximum atomic E-state index is 12.1. The molecule has 0 aliphatic rings. The second-order valence-electron chi connectivity index (χ2n) is 5.04. The van der Waals surface area contributed by atoms with E-state index in [2.05, 4.69) is 4.74 Å². The Bertz CT molecular complexity index is 408. The second-order valence-corrected chi connectivity index (χ2v) is 7.46. The molecule has 0 fully saturated rings. The average molecular weight is 324 g/mol. The summed E-state index contributed by atoms with van der Waals surface area (Å²) in [7, 11) is -3.62. The molecule has 0 aromatic carbocycles. The highest BCUT2D eigenvalue weighted by Crippen LogP contribution is 2.44. The zero-order chi connectivity index (χ0) is 16.5. The van der Waals surface area contributed by atoms with E-state index in [-0.39, 0.29) is 50.4 Å². The number of hydrogen-bond acceptors (Lipinski definition) is 5. The van der Waals surface area contributed by atoms with Crippen LogP contribution in [0.1, 0.15) is 32.6 Å². The van der Waals surface area contributed by atoms with Gasteiger partial charge in [0.15, 0.2) is 0 Å². The van der Waals surface area contributed by atoms with Crippen molar-refractivity contribution in [3.05, 3.63) is 0 Å². The predicted molar refractivity (Wildman–Crippen MR) is 73.4 cm³/mol. The van der Waals surface area contributed by atoms with E-state index in [1.807, 2.05) is 0 Å². The number of ether oxygens (including phenoxy) is 1. The van der Waals surface area contributed by atoms with E-state index in [1.165, 1.54) is 0 Å². The van der Waals surface area contributed by atoms with Crippen molar-refractivity contribution in [2.45, 2.75) is 38.7 Å². The third-order valence-electron chi connectivity index (χ3n) is 2.87. The summed E-state index contributed by atoms with van der Waals surface area (Å²) < 4.78 is 16.7. The SMILES string of the molecule is CC(CCC(=O)O)CP(=O)(O)CC(CCC(=O)O)OC=O. The highest BCUT2D eigenvalue weighted by atomic mass is 31.2. The van der Waals surface area contributed by atoms with Crippen LogP contribution in [0.5, 0.6) is 0 Å². The van der Waals surface area contributed by atoms with Crippen LogP contribution in [-0.2, 0) is 23.7 Å². The molecular formula is C12H21O8P. The lowest BCUT2D eigenvalue weighted by Crippen LogP contribution is -2.21. The molecule has 9 heteroatoms. The van der Waals surface area contributed by atoms with Crippen LogP contribution in [0.2, 0.25) is 0 Å². The molecule has 3 N–H and O–H groups in total. The number of rotatable bonds is 12. The minimum Gasteiger partial charge on any atom is -0.481 e. The number of hydrogen-bond donors (Lipinski definition) is 3. The Labute approximate surface area is 122 Å². The van der Waals surface area contributed by atoms with E-state index in [1.54, 1.807) is 6.92 Å². The maximum absolute atomic E-state index is 12.1. The number of carbonyl (C=O) groups excluding carboxylic acids is 1. The van der Waals surface area contributed by atoms with Crippen LogP contribution in [0.3, 0.4) is 0 Å². The molecule has 3 unspecified atom stereocenters. The molecule has 3 atom stereocenters. The van der Waals surface area contributed by atoms with Crippen LogP contribution >= 0.6 is 7.37 Å². The van der Waals surface area contributed by atoms with Crippen LogP contribution in [0.25, 0.3) is 0 Å². The largest absolute Gasteiger partial charge is 0.481 e. The summed E-state index contributed by atoms with van der Waals surface area (Å²) in [5.41, 5.74) is 0. The Morgan fingerprint density at radius 1 is 1.14 bits per heavy atom. The van der Waals surface area contributed by atoms with Crippen molar-refractivity contribution in [2.75, 3.05) is 12.3 Å². The Morgan fingerprint density at radius 2 is 1.67 bits per heavy atom. The molecule has 21 heavy (non-hydrogen) atoms. The van der Waals surface area contributed by atoms with Gasteiger partial charge in [-0.2, -0.15) is 0 Å². The fourth-order valence-electron chi connectivity index (χ4n) is 1.91.